The van der Waals surface area contributed by atoms with E-state index in [-0.39, 0.29) is 10.5 Å². The van der Waals surface area contributed by atoms with Crippen LogP contribution in [0.25, 0.3) is 0 Å². The molecular weight excluding hydrogens is 304 g/mol. The van der Waals surface area contributed by atoms with Crippen LogP contribution in [0.2, 0.25) is 0 Å². The Kier molecular flexibility index (Phi) is 4.94. The number of primary amides is 1. The van der Waals surface area contributed by atoms with Gasteiger partial charge in [0.2, 0.25) is 15.9 Å². The third-order valence-electron chi connectivity index (χ3n) is 3.23. The standard InChI is InChI=1S/C14H18N4O3S/c1-11-3-4-12(9-13(11)14(15)19)22(20,21)17-5-2-7-18-8-6-16-10-18/h3-4,6,8-10,17H,2,5,7H2,1H3,(H2,15,19). The van der Waals surface area contributed by atoms with E-state index in [2.05, 4.69) is 9.71 Å². The van der Waals surface area contributed by atoms with E-state index in [1.807, 2.05) is 10.8 Å². The second-order valence-corrected chi connectivity index (χ2v) is 6.66. The first-order valence-electron chi connectivity index (χ1n) is 6.76. The molecule has 0 aliphatic carbocycles. The van der Waals surface area contributed by atoms with Crippen LogP contribution in [-0.2, 0) is 16.6 Å². The molecule has 1 heterocycles. The highest BCUT2D eigenvalue weighted by atomic mass is 32.2. The van der Waals surface area contributed by atoms with E-state index in [0.29, 0.717) is 25.1 Å². The Bertz CT molecular complexity index is 754. The number of nitrogens with zero attached hydrogens (tertiary/aromatic N) is 2. The summed E-state index contributed by atoms with van der Waals surface area (Å²) in [6.07, 6.45) is 5.78. The first-order valence-corrected chi connectivity index (χ1v) is 8.24. The fraction of sp³-hybridized carbons (Fsp3) is 0.286. The summed E-state index contributed by atoms with van der Waals surface area (Å²) in [7, 11) is -3.66. The molecule has 0 atom stereocenters. The number of sulfonamides is 1. The first-order chi connectivity index (χ1) is 10.4. The minimum atomic E-state index is -3.66. The van der Waals surface area contributed by atoms with E-state index in [1.165, 1.54) is 12.1 Å². The summed E-state index contributed by atoms with van der Waals surface area (Å²) in [6, 6.07) is 4.33. The molecular formula is C14H18N4O3S. The minimum Gasteiger partial charge on any atom is -0.366 e. The van der Waals surface area contributed by atoms with Crippen LogP contribution < -0.4 is 10.5 Å². The molecule has 7 nitrogen and oxygen atoms in total. The molecule has 0 bridgehead atoms. The van der Waals surface area contributed by atoms with E-state index >= 15 is 0 Å². The van der Waals surface area contributed by atoms with Gasteiger partial charge < -0.3 is 10.3 Å². The van der Waals surface area contributed by atoms with Crippen LogP contribution in [-0.4, -0.2) is 30.4 Å². The van der Waals surface area contributed by atoms with E-state index in [4.69, 9.17) is 5.73 Å². The summed E-state index contributed by atoms with van der Waals surface area (Å²) in [4.78, 5) is 15.2. The van der Waals surface area contributed by atoms with Crippen LogP contribution in [0.1, 0.15) is 22.3 Å². The van der Waals surface area contributed by atoms with Crippen molar-refractivity contribution in [2.75, 3.05) is 6.54 Å². The van der Waals surface area contributed by atoms with Gasteiger partial charge in [-0.15, -0.1) is 0 Å². The molecule has 0 fully saturated rings. The largest absolute Gasteiger partial charge is 0.366 e. The van der Waals surface area contributed by atoms with E-state index in [9.17, 15) is 13.2 Å². The van der Waals surface area contributed by atoms with Crippen LogP contribution in [0.4, 0.5) is 0 Å². The van der Waals surface area contributed by atoms with E-state index in [1.54, 1.807) is 25.5 Å². The highest BCUT2D eigenvalue weighted by Gasteiger charge is 2.16. The van der Waals surface area contributed by atoms with Crippen LogP contribution in [0.3, 0.4) is 0 Å². The Balaban J connectivity index is 2.00. The number of carbonyl (C=O) groups is 1. The molecule has 0 radical (unpaired) electrons. The normalized spacial score (nSPS) is 11.5. The van der Waals surface area contributed by atoms with Crippen molar-refractivity contribution in [3.8, 4) is 0 Å². The van der Waals surface area contributed by atoms with Crippen LogP contribution in [0.5, 0.6) is 0 Å². The lowest BCUT2D eigenvalue weighted by molar-refractivity contribution is 0.0999. The van der Waals surface area contributed by atoms with Crippen LogP contribution in [0, 0.1) is 6.92 Å². The molecule has 2 aromatic rings. The molecule has 0 saturated heterocycles. The van der Waals surface area contributed by atoms with Gasteiger partial charge in [0.05, 0.1) is 11.2 Å². The number of nitrogens with one attached hydrogen (secondary N) is 1. The van der Waals surface area contributed by atoms with Crippen molar-refractivity contribution in [1.29, 1.82) is 0 Å². The second kappa shape index (κ2) is 6.71. The third-order valence-corrected chi connectivity index (χ3v) is 4.69. The second-order valence-electron chi connectivity index (χ2n) is 4.89. The van der Waals surface area contributed by atoms with Crippen molar-refractivity contribution >= 4 is 15.9 Å². The summed E-state index contributed by atoms with van der Waals surface area (Å²) in [5.41, 5.74) is 6.09. The Hall–Kier alpha value is -2.19. The molecule has 0 unspecified atom stereocenters. The Morgan fingerprint density at radius 1 is 1.41 bits per heavy atom. The zero-order chi connectivity index (χ0) is 16.2. The molecule has 22 heavy (non-hydrogen) atoms. The summed E-state index contributed by atoms with van der Waals surface area (Å²) in [5, 5.41) is 0. The van der Waals surface area contributed by atoms with Crippen LogP contribution >= 0.6 is 0 Å². The summed E-state index contributed by atoms with van der Waals surface area (Å²) in [6.45, 7) is 2.66. The van der Waals surface area contributed by atoms with Crippen molar-refractivity contribution < 1.29 is 13.2 Å². The monoisotopic (exact) mass is 322 g/mol. The maximum atomic E-state index is 12.2. The number of aromatic nitrogens is 2. The van der Waals surface area contributed by atoms with Crippen molar-refractivity contribution in [3.05, 3.63) is 48.0 Å². The third kappa shape index (κ3) is 3.92. The lowest BCUT2D eigenvalue weighted by atomic mass is 10.1. The zero-order valence-corrected chi connectivity index (χ0v) is 13.0. The topological polar surface area (TPSA) is 107 Å². The summed E-state index contributed by atoms with van der Waals surface area (Å²) in [5.74, 6) is -0.644. The number of hydrogen-bond donors (Lipinski definition) is 2. The number of carbonyl (C=O) groups excluding carboxylic acids is 1. The lowest BCUT2D eigenvalue weighted by Gasteiger charge is -2.09. The SMILES string of the molecule is Cc1ccc(S(=O)(=O)NCCCn2ccnc2)cc1C(N)=O. The average molecular weight is 322 g/mol. The smallest absolute Gasteiger partial charge is 0.249 e. The molecule has 1 aromatic carbocycles. The van der Waals surface area contributed by atoms with Gasteiger partial charge in [-0.05, 0) is 31.0 Å². The fourth-order valence-electron chi connectivity index (χ4n) is 2.00. The molecule has 0 saturated carbocycles. The van der Waals surface area contributed by atoms with Gasteiger partial charge in [-0.3, -0.25) is 4.79 Å². The average Bonchev–Trinajstić information content (AvgIpc) is 2.97. The number of aryl methyl sites for hydroxylation is 2. The number of amides is 1. The van der Waals surface area contributed by atoms with Gasteiger partial charge in [-0.1, -0.05) is 6.07 Å². The minimum absolute atomic E-state index is 0.0366. The van der Waals surface area contributed by atoms with Crippen molar-refractivity contribution in [3.63, 3.8) is 0 Å². The maximum Gasteiger partial charge on any atom is 0.249 e. The molecule has 2 rings (SSSR count). The van der Waals surface area contributed by atoms with Gasteiger partial charge in [-0.2, -0.15) is 0 Å². The maximum absolute atomic E-state index is 12.2. The Morgan fingerprint density at radius 2 is 2.18 bits per heavy atom. The van der Waals surface area contributed by atoms with E-state index < -0.39 is 15.9 Å². The number of nitrogens with two attached hydrogens (primary N) is 1. The van der Waals surface area contributed by atoms with Gasteiger partial charge in [0, 0.05) is 31.0 Å². The van der Waals surface area contributed by atoms with Gasteiger partial charge >= 0.3 is 0 Å². The first kappa shape index (κ1) is 16.2. The highest BCUT2D eigenvalue weighted by Crippen LogP contribution is 2.15. The predicted octanol–water partition coefficient (Wildman–Crippen LogP) is 0.659. The number of rotatable bonds is 7. The molecule has 118 valence electrons. The summed E-state index contributed by atoms with van der Waals surface area (Å²) < 4.78 is 28.8. The Labute approximate surface area is 129 Å². The number of imidazole rings is 1. The molecule has 0 aliphatic heterocycles. The van der Waals surface area contributed by atoms with Gasteiger partial charge in [-0.25, -0.2) is 18.1 Å². The van der Waals surface area contributed by atoms with Gasteiger partial charge in [0.1, 0.15) is 0 Å². The Morgan fingerprint density at radius 3 is 2.82 bits per heavy atom. The predicted molar refractivity (Wildman–Crippen MR) is 81.7 cm³/mol. The molecule has 0 spiro atoms. The molecule has 8 heteroatoms. The molecule has 0 aliphatic rings. The summed E-state index contributed by atoms with van der Waals surface area (Å²) >= 11 is 0. The highest BCUT2D eigenvalue weighted by molar-refractivity contribution is 7.89. The van der Waals surface area contributed by atoms with Crippen molar-refractivity contribution in [2.24, 2.45) is 5.73 Å². The lowest BCUT2D eigenvalue weighted by Crippen LogP contribution is -2.26. The van der Waals surface area contributed by atoms with Gasteiger partial charge in [0.15, 0.2) is 0 Å². The van der Waals surface area contributed by atoms with Gasteiger partial charge in [0.25, 0.3) is 0 Å². The number of benzene rings is 1. The quantitative estimate of drug-likeness (QED) is 0.730. The fourth-order valence-corrected chi connectivity index (χ4v) is 3.10. The van der Waals surface area contributed by atoms with Crippen LogP contribution in [0.15, 0.2) is 41.8 Å². The molecule has 1 aromatic heterocycles. The van der Waals surface area contributed by atoms with Crippen molar-refractivity contribution in [2.45, 2.75) is 24.8 Å². The molecule has 3 N–H and O–H groups in total. The molecule has 1 amide bonds. The number of hydrogen-bond acceptors (Lipinski definition) is 4. The zero-order valence-electron chi connectivity index (χ0n) is 12.2. The van der Waals surface area contributed by atoms with E-state index in [0.717, 1.165) is 0 Å². The van der Waals surface area contributed by atoms with Crippen molar-refractivity contribution in [1.82, 2.24) is 14.3 Å².